The third-order valence-electron chi connectivity index (χ3n) is 1.79. The van der Waals surface area contributed by atoms with E-state index in [0.29, 0.717) is 19.8 Å². The van der Waals surface area contributed by atoms with Gasteiger partial charge in [0.2, 0.25) is 0 Å². The lowest BCUT2D eigenvalue weighted by atomic mass is 10.4. The van der Waals surface area contributed by atoms with E-state index in [4.69, 9.17) is 9.47 Å². The van der Waals surface area contributed by atoms with E-state index < -0.39 is 0 Å². The van der Waals surface area contributed by atoms with Gasteiger partial charge in [0, 0.05) is 6.61 Å². The molecule has 2 rings (SSSR count). The Hall–Kier alpha value is -0.940. The van der Waals surface area contributed by atoms with Gasteiger partial charge >= 0.3 is 0 Å². The molecule has 1 aliphatic rings. The molecule has 1 atom stereocenters. The summed E-state index contributed by atoms with van der Waals surface area (Å²) >= 11 is 0. The van der Waals surface area contributed by atoms with Crippen LogP contribution in [0.15, 0.2) is 6.20 Å². The molecule has 0 radical (unpaired) electrons. The maximum absolute atomic E-state index is 5.40. The van der Waals surface area contributed by atoms with Crippen molar-refractivity contribution >= 4 is 0 Å². The van der Waals surface area contributed by atoms with Crippen LogP contribution in [0.5, 0.6) is 0 Å². The first-order valence-corrected chi connectivity index (χ1v) is 4.00. The Balaban J connectivity index is 2.19. The summed E-state index contributed by atoms with van der Waals surface area (Å²) in [7, 11) is 0. The van der Waals surface area contributed by atoms with Crippen LogP contribution in [0.3, 0.4) is 0 Å². The number of hydrogen-bond donors (Lipinski definition) is 0. The van der Waals surface area contributed by atoms with Crippen molar-refractivity contribution < 1.29 is 9.47 Å². The number of ether oxygens (including phenoxy) is 2. The number of nitrogens with zero attached hydrogens (tertiary/aromatic N) is 3. The molecule has 66 valence electrons. The predicted octanol–water partition coefficient (Wildman–Crippen LogP) is 0.343. The molecule has 0 aliphatic carbocycles. The summed E-state index contributed by atoms with van der Waals surface area (Å²) in [5.41, 5.74) is 0.972. The molecule has 2 heterocycles. The Labute approximate surface area is 70.3 Å². The minimum atomic E-state index is -0.0961. The van der Waals surface area contributed by atoms with E-state index in [9.17, 15) is 0 Å². The van der Waals surface area contributed by atoms with E-state index in [2.05, 4.69) is 10.3 Å². The van der Waals surface area contributed by atoms with Gasteiger partial charge in [-0.1, -0.05) is 5.21 Å². The summed E-state index contributed by atoms with van der Waals surface area (Å²) in [5.74, 6) is 0. The van der Waals surface area contributed by atoms with Crippen LogP contribution in [-0.2, 0) is 16.1 Å². The third kappa shape index (κ3) is 1.21. The second-order valence-electron chi connectivity index (χ2n) is 2.60. The molecule has 0 saturated heterocycles. The van der Waals surface area contributed by atoms with Crippen LogP contribution < -0.4 is 0 Å². The van der Waals surface area contributed by atoms with Gasteiger partial charge in [-0.05, 0) is 6.92 Å². The second-order valence-corrected chi connectivity index (χ2v) is 2.60. The number of aromatic nitrogens is 3. The summed E-state index contributed by atoms with van der Waals surface area (Å²) in [5, 5.41) is 7.71. The Morgan fingerprint density at radius 3 is 3.58 bits per heavy atom. The Bertz CT molecular complexity index is 261. The van der Waals surface area contributed by atoms with E-state index in [0.717, 1.165) is 5.69 Å². The molecule has 0 saturated carbocycles. The van der Waals surface area contributed by atoms with E-state index >= 15 is 0 Å². The van der Waals surface area contributed by atoms with Crippen LogP contribution >= 0.6 is 0 Å². The van der Waals surface area contributed by atoms with Crippen molar-refractivity contribution in [2.45, 2.75) is 19.8 Å². The monoisotopic (exact) mass is 169 g/mol. The highest BCUT2D eigenvalue weighted by atomic mass is 16.5. The highest BCUT2D eigenvalue weighted by molar-refractivity contribution is 4.94. The number of fused-ring (bicyclic) bond motifs is 1. The Kier molecular flexibility index (Phi) is 2.05. The minimum Gasteiger partial charge on any atom is -0.370 e. The molecule has 1 unspecified atom stereocenters. The minimum absolute atomic E-state index is 0.0961. The molecule has 0 spiro atoms. The quantitative estimate of drug-likeness (QED) is 0.640. The molecule has 1 aromatic heterocycles. The van der Waals surface area contributed by atoms with Crippen LogP contribution in [-0.4, -0.2) is 28.2 Å². The van der Waals surface area contributed by atoms with Gasteiger partial charge in [0.05, 0.1) is 25.1 Å². The zero-order chi connectivity index (χ0) is 8.39. The highest BCUT2D eigenvalue weighted by Gasteiger charge is 2.20. The molecule has 1 aliphatic heterocycles. The Morgan fingerprint density at radius 1 is 1.83 bits per heavy atom. The van der Waals surface area contributed by atoms with E-state index in [-0.39, 0.29) is 6.23 Å². The normalized spacial score (nSPS) is 22.2. The molecular formula is C7H11N3O2. The van der Waals surface area contributed by atoms with Crippen molar-refractivity contribution in [2.24, 2.45) is 0 Å². The fraction of sp³-hybridized carbons (Fsp3) is 0.714. The fourth-order valence-corrected chi connectivity index (χ4v) is 1.26. The molecule has 0 fully saturated rings. The van der Waals surface area contributed by atoms with Crippen LogP contribution in [0.4, 0.5) is 0 Å². The molecule has 0 aromatic carbocycles. The average Bonchev–Trinajstić information content (AvgIpc) is 2.53. The van der Waals surface area contributed by atoms with Crippen molar-refractivity contribution in [1.29, 1.82) is 0 Å². The van der Waals surface area contributed by atoms with Crippen LogP contribution in [0, 0.1) is 0 Å². The van der Waals surface area contributed by atoms with Gasteiger partial charge in [0.15, 0.2) is 6.23 Å². The van der Waals surface area contributed by atoms with E-state index in [1.807, 2.05) is 6.92 Å². The molecule has 0 bridgehead atoms. The second kappa shape index (κ2) is 3.20. The van der Waals surface area contributed by atoms with Crippen molar-refractivity contribution in [2.75, 3.05) is 13.2 Å². The SMILES string of the molecule is CCOC1COCc2cnnn21. The highest BCUT2D eigenvalue weighted by Crippen LogP contribution is 2.16. The van der Waals surface area contributed by atoms with Gasteiger partial charge in [-0.25, -0.2) is 4.68 Å². The van der Waals surface area contributed by atoms with Gasteiger partial charge in [-0.15, -0.1) is 5.10 Å². The van der Waals surface area contributed by atoms with Gasteiger partial charge in [0.25, 0.3) is 0 Å². The van der Waals surface area contributed by atoms with Gasteiger partial charge in [-0.3, -0.25) is 0 Å². The molecule has 12 heavy (non-hydrogen) atoms. The first-order chi connectivity index (χ1) is 5.92. The standard InChI is InChI=1S/C7H11N3O2/c1-2-12-7-5-11-4-6-3-8-9-10(6)7/h3,7H,2,4-5H2,1H3. The molecule has 5 nitrogen and oxygen atoms in total. The first-order valence-electron chi connectivity index (χ1n) is 4.00. The fourth-order valence-electron chi connectivity index (χ4n) is 1.26. The summed E-state index contributed by atoms with van der Waals surface area (Å²) in [6, 6.07) is 0. The average molecular weight is 169 g/mol. The summed E-state index contributed by atoms with van der Waals surface area (Å²) in [6.07, 6.45) is 1.60. The van der Waals surface area contributed by atoms with E-state index in [1.165, 1.54) is 0 Å². The maximum Gasteiger partial charge on any atom is 0.175 e. The smallest absolute Gasteiger partial charge is 0.175 e. The van der Waals surface area contributed by atoms with Crippen molar-refractivity contribution in [3.63, 3.8) is 0 Å². The lowest BCUT2D eigenvalue weighted by molar-refractivity contribution is -0.0884. The lowest BCUT2D eigenvalue weighted by Gasteiger charge is -2.23. The topological polar surface area (TPSA) is 49.2 Å². The molecule has 0 N–H and O–H groups in total. The summed E-state index contributed by atoms with van der Waals surface area (Å²) in [6.45, 7) is 3.75. The molecule has 1 aromatic rings. The number of rotatable bonds is 2. The largest absolute Gasteiger partial charge is 0.370 e. The van der Waals surface area contributed by atoms with Crippen molar-refractivity contribution in [3.05, 3.63) is 11.9 Å². The van der Waals surface area contributed by atoms with Gasteiger partial charge in [0.1, 0.15) is 0 Å². The van der Waals surface area contributed by atoms with E-state index in [1.54, 1.807) is 10.9 Å². The third-order valence-corrected chi connectivity index (χ3v) is 1.79. The Morgan fingerprint density at radius 2 is 2.75 bits per heavy atom. The number of hydrogen-bond acceptors (Lipinski definition) is 4. The maximum atomic E-state index is 5.40. The summed E-state index contributed by atoms with van der Waals surface area (Å²) < 4.78 is 12.5. The van der Waals surface area contributed by atoms with Gasteiger partial charge < -0.3 is 9.47 Å². The molecular weight excluding hydrogens is 158 g/mol. The summed E-state index contributed by atoms with van der Waals surface area (Å²) in [4.78, 5) is 0. The lowest BCUT2D eigenvalue weighted by Crippen LogP contribution is -2.26. The first kappa shape index (κ1) is 7.70. The van der Waals surface area contributed by atoms with Crippen molar-refractivity contribution in [3.8, 4) is 0 Å². The zero-order valence-electron chi connectivity index (χ0n) is 6.93. The van der Waals surface area contributed by atoms with Gasteiger partial charge in [-0.2, -0.15) is 0 Å². The van der Waals surface area contributed by atoms with Crippen LogP contribution in [0.25, 0.3) is 0 Å². The zero-order valence-corrected chi connectivity index (χ0v) is 6.93. The van der Waals surface area contributed by atoms with Crippen molar-refractivity contribution in [1.82, 2.24) is 15.0 Å². The van der Waals surface area contributed by atoms with Crippen LogP contribution in [0.2, 0.25) is 0 Å². The molecule has 0 amide bonds. The predicted molar refractivity (Wildman–Crippen MR) is 40.3 cm³/mol. The molecule has 5 heteroatoms. The van der Waals surface area contributed by atoms with Crippen LogP contribution in [0.1, 0.15) is 18.8 Å².